The summed E-state index contributed by atoms with van der Waals surface area (Å²) in [6.45, 7) is 7.01. The zero-order valence-electron chi connectivity index (χ0n) is 9.11. The number of aromatic hydroxyl groups is 1. The summed E-state index contributed by atoms with van der Waals surface area (Å²) in [4.78, 5) is 11.1. The zero-order chi connectivity index (χ0) is 11.6. The lowest BCUT2D eigenvalue weighted by atomic mass is 10.1. The van der Waals surface area contributed by atoms with Crippen LogP contribution in [0.3, 0.4) is 0 Å². The van der Waals surface area contributed by atoms with Crippen molar-refractivity contribution in [1.29, 1.82) is 0 Å². The summed E-state index contributed by atoms with van der Waals surface area (Å²) in [7, 11) is 1.66. The molecule has 1 aromatic heterocycles. The maximum atomic E-state index is 11.1. The number of aromatic nitrogens is 2. The molecule has 15 heavy (non-hydrogen) atoms. The lowest BCUT2D eigenvalue weighted by Gasteiger charge is -2.00. The highest BCUT2D eigenvalue weighted by Gasteiger charge is 2.19. The van der Waals surface area contributed by atoms with Gasteiger partial charge in [-0.05, 0) is 12.5 Å². The van der Waals surface area contributed by atoms with Crippen molar-refractivity contribution >= 4 is 11.4 Å². The molecule has 0 atom stereocenters. The predicted molar refractivity (Wildman–Crippen MR) is 58.7 cm³/mol. The summed E-state index contributed by atoms with van der Waals surface area (Å²) in [5.74, 6) is -0.365. The number of rotatable bonds is 3. The molecule has 0 unspecified atom stereocenters. The molecular formula is C11H14N2O2. The molecule has 0 radical (unpaired) electrons. The van der Waals surface area contributed by atoms with E-state index >= 15 is 0 Å². The van der Waals surface area contributed by atoms with Crippen molar-refractivity contribution < 1.29 is 9.90 Å². The van der Waals surface area contributed by atoms with Crippen LogP contribution in [0.5, 0.6) is 5.75 Å². The summed E-state index contributed by atoms with van der Waals surface area (Å²) >= 11 is 0. The van der Waals surface area contributed by atoms with Crippen molar-refractivity contribution in [3.63, 3.8) is 0 Å². The quantitative estimate of drug-likeness (QED) is 0.607. The Balaban J connectivity index is 3.31. The van der Waals surface area contributed by atoms with E-state index in [1.165, 1.54) is 11.6 Å². The normalized spacial score (nSPS) is 10.9. The highest BCUT2D eigenvalue weighted by molar-refractivity contribution is 5.96. The molecule has 80 valence electrons. The van der Waals surface area contributed by atoms with E-state index in [4.69, 9.17) is 0 Å². The molecule has 1 rings (SSSR count). The van der Waals surface area contributed by atoms with Crippen LogP contribution in [0.1, 0.15) is 30.0 Å². The third-order valence-electron chi connectivity index (χ3n) is 2.03. The number of carbonyl (C=O) groups is 1. The topological polar surface area (TPSA) is 55.1 Å². The molecule has 0 aliphatic rings. The van der Waals surface area contributed by atoms with Gasteiger partial charge in [-0.15, -0.1) is 0 Å². The fourth-order valence-electron chi connectivity index (χ4n) is 1.39. The van der Waals surface area contributed by atoms with Gasteiger partial charge in [0.1, 0.15) is 5.69 Å². The number of Topliss-reactive ketones (excluding diaryl/α,β-unsaturated/α-hetero) is 1. The van der Waals surface area contributed by atoms with Gasteiger partial charge in [0, 0.05) is 14.0 Å². The van der Waals surface area contributed by atoms with Gasteiger partial charge < -0.3 is 5.11 Å². The second kappa shape index (κ2) is 4.13. The summed E-state index contributed by atoms with van der Waals surface area (Å²) in [5.41, 5.74) is 1.17. The van der Waals surface area contributed by atoms with Crippen LogP contribution < -0.4 is 0 Å². The monoisotopic (exact) mass is 206 g/mol. The van der Waals surface area contributed by atoms with Crippen molar-refractivity contribution in [2.24, 2.45) is 7.05 Å². The van der Waals surface area contributed by atoms with E-state index in [0.29, 0.717) is 11.3 Å². The zero-order valence-corrected chi connectivity index (χ0v) is 9.11. The van der Waals surface area contributed by atoms with E-state index in [1.807, 2.05) is 13.0 Å². The molecule has 0 aromatic carbocycles. The lowest BCUT2D eigenvalue weighted by Crippen LogP contribution is -1.97. The molecule has 0 saturated heterocycles. The largest absolute Gasteiger partial charge is 0.504 e. The Labute approximate surface area is 88.5 Å². The highest BCUT2D eigenvalue weighted by Crippen LogP contribution is 2.28. The summed E-state index contributed by atoms with van der Waals surface area (Å²) < 4.78 is 1.45. The van der Waals surface area contributed by atoms with Crippen molar-refractivity contribution in [3.05, 3.63) is 30.1 Å². The summed E-state index contributed by atoms with van der Waals surface area (Å²) in [6, 6.07) is 0. The third kappa shape index (κ3) is 1.98. The van der Waals surface area contributed by atoms with Crippen molar-refractivity contribution in [2.45, 2.75) is 13.8 Å². The van der Waals surface area contributed by atoms with Crippen LogP contribution in [0, 0.1) is 0 Å². The maximum absolute atomic E-state index is 11.1. The number of hydrogen-bond donors (Lipinski definition) is 1. The van der Waals surface area contributed by atoms with Crippen LogP contribution >= 0.6 is 0 Å². The van der Waals surface area contributed by atoms with Crippen molar-refractivity contribution in [3.8, 4) is 5.75 Å². The Morgan fingerprint density at radius 1 is 1.60 bits per heavy atom. The SMILES string of the molecule is C=C(/C=C\C)c1c(O)c(C(C)=O)nn1C. The molecule has 0 saturated carbocycles. The molecule has 0 amide bonds. The van der Waals surface area contributed by atoms with Gasteiger partial charge in [-0.25, -0.2) is 0 Å². The first-order valence-corrected chi connectivity index (χ1v) is 4.58. The smallest absolute Gasteiger partial charge is 0.183 e. The van der Waals surface area contributed by atoms with Gasteiger partial charge in [0.05, 0.1) is 0 Å². The molecule has 0 bridgehead atoms. The average Bonchev–Trinajstić information content (AvgIpc) is 2.42. The Morgan fingerprint density at radius 3 is 2.60 bits per heavy atom. The Kier molecular flexibility index (Phi) is 3.09. The second-order valence-corrected chi connectivity index (χ2v) is 3.25. The minimum Gasteiger partial charge on any atom is -0.504 e. The second-order valence-electron chi connectivity index (χ2n) is 3.25. The van der Waals surface area contributed by atoms with Gasteiger partial charge in [0.25, 0.3) is 0 Å². The minimum atomic E-state index is -0.261. The number of carbonyl (C=O) groups excluding carboxylic acids is 1. The average molecular weight is 206 g/mol. The van der Waals surface area contributed by atoms with Crippen LogP contribution in [-0.2, 0) is 7.05 Å². The number of nitrogens with zero attached hydrogens (tertiary/aromatic N) is 2. The Hall–Kier alpha value is -1.84. The predicted octanol–water partition coefficient (Wildman–Crippen LogP) is 1.92. The molecule has 1 N–H and O–H groups in total. The number of hydrogen-bond acceptors (Lipinski definition) is 3. The van der Waals surface area contributed by atoms with Gasteiger partial charge in [-0.3, -0.25) is 9.48 Å². The van der Waals surface area contributed by atoms with Crippen LogP contribution in [0.4, 0.5) is 0 Å². The van der Waals surface area contributed by atoms with Gasteiger partial charge in [0.2, 0.25) is 0 Å². The van der Waals surface area contributed by atoms with Crippen LogP contribution in [0.15, 0.2) is 18.7 Å². The van der Waals surface area contributed by atoms with Crippen molar-refractivity contribution in [2.75, 3.05) is 0 Å². The van der Waals surface area contributed by atoms with Crippen molar-refractivity contribution in [1.82, 2.24) is 9.78 Å². The van der Waals surface area contributed by atoms with E-state index in [1.54, 1.807) is 13.1 Å². The maximum Gasteiger partial charge on any atom is 0.183 e. The summed E-state index contributed by atoms with van der Waals surface area (Å²) in [5, 5.41) is 13.7. The first-order valence-electron chi connectivity index (χ1n) is 4.58. The van der Waals surface area contributed by atoms with Crippen LogP contribution in [0.2, 0.25) is 0 Å². The first-order chi connectivity index (χ1) is 6.99. The van der Waals surface area contributed by atoms with Gasteiger partial charge in [-0.1, -0.05) is 18.7 Å². The van der Waals surface area contributed by atoms with Gasteiger partial charge >= 0.3 is 0 Å². The number of aryl methyl sites for hydroxylation is 1. The minimum absolute atomic E-state index is 0.0816. The van der Waals surface area contributed by atoms with Gasteiger partial charge in [0.15, 0.2) is 17.2 Å². The molecule has 1 heterocycles. The van der Waals surface area contributed by atoms with E-state index in [9.17, 15) is 9.90 Å². The molecule has 0 fully saturated rings. The Bertz CT molecular complexity index is 442. The number of ketones is 1. The molecule has 0 aliphatic heterocycles. The summed E-state index contributed by atoms with van der Waals surface area (Å²) in [6.07, 6.45) is 3.56. The third-order valence-corrected chi connectivity index (χ3v) is 2.03. The lowest BCUT2D eigenvalue weighted by molar-refractivity contribution is 0.101. The van der Waals surface area contributed by atoms with E-state index in [2.05, 4.69) is 11.7 Å². The molecular weight excluding hydrogens is 192 g/mol. The molecule has 0 aliphatic carbocycles. The highest BCUT2D eigenvalue weighted by atomic mass is 16.3. The van der Waals surface area contributed by atoms with E-state index in [-0.39, 0.29) is 17.2 Å². The fraction of sp³-hybridized carbons (Fsp3) is 0.273. The number of allylic oxidation sites excluding steroid dienone is 3. The van der Waals surface area contributed by atoms with E-state index < -0.39 is 0 Å². The Morgan fingerprint density at radius 2 is 2.20 bits per heavy atom. The first kappa shape index (κ1) is 11.2. The van der Waals surface area contributed by atoms with Gasteiger partial charge in [-0.2, -0.15) is 5.10 Å². The van der Waals surface area contributed by atoms with E-state index in [0.717, 1.165) is 0 Å². The molecule has 1 aromatic rings. The molecule has 0 spiro atoms. The fourth-order valence-corrected chi connectivity index (χ4v) is 1.39. The standard InChI is InChI=1S/C11H14N2O2/c1-5-6-7(2)10-11(15)9(8(3)14)12-13(10)4/h5-6,15H,2H2,1,3-4H3/b6-5-. The van der Waals surface area contributed by atoms with Crippen LogP contribution in [-0.4, -0.2) is 20.7 Å². The molecule has 4 nitrogen and oxygen atoms in total. The van der Waals surface area contributed by atoms with Crippen LogP contribution in [0.25, 0.3) is 5.57 Å². The molecule has 4 heteroatoms.